The van der Waals surface area contributed by atoms with E-state index in [9.17, 15) is 0 Å². The molecule has 0 bridgehead atoms. The van der Waals surface area contributed by atoms with Crippen molar-refractivity contribution in [2.75, 3.05) is 13.1 Å². The molecule has 0 amide bonds. The van der Waals surface area contributed by atoms with Crippen molar-refractivity contribution in [2.45, 2.75) is 65.5 Å². The molecule has 2 rings (SSSR count). The first-order valence-corrected chi connectivity index (χ1v) is 10.4. The SMILES string of the molecule is CCc1cccc(CC)c1C(N)C[N-]CC(N)c1c(CC)cccc1CC.[Ni]. The predicted molar refractivity (Wildman–Crippen MR) is 117 cm³/mol. The third-order valence-corrected chi connectivity index (χ3v) is 5.49. The van der Waals surface area contributed by atoms with Crippen LogP contribution in [0.1, 0.15) is 73.2 Å². The zero-order valence-corrected chi connectivity index (χ0v) is 18.8. The molecule has 2 aromatic rings. The zero-order chi connectivity index (χ0) is 19.8. The average molecular weight is 425 g/mol. The maximum atomic E-state index is 6.55. The Morgan fingerprint density at radius 2 is 0.929 bits per heavy atom. The largest absolute Gasteiger partial charge is 0.659 e. The fourth-order valence-electron chi connectivity index (χ4n) is 4.05. The molecule has 4 N–H and O–H groups in total. The predicted octanol–water partition coefficient (Wildman–Crippen LogP) is 5.01. The molecule has 4 heteroatoms. The summed E-state index contributed by atoms with van der Waals surface area (Å²) in [6.45, 7) is 9.98. The first kappa shape index (κ1) is 24.9. The van der Waals surface area contributed by atoms with E-state index in [0.717, 1.165) is 25.7 Å². The minimum absolute atomic E-state index is 0. The van der Waals surface area contributed by atoms with Crippen LogP contribution in [0.2, 0.25) is 0 Å². The van der Waals surface area contributed by atoms with E-state index in [2.05, 4.69) is 64.1 Å². The molecule has 3 nitrogen and oxygen atoms in total. The van der Waals surface area contributed by atoms with Crippen LogP contribution in [-0.4, -0.2) is 13.1 Å². The Kier molecular flexibility index (Phi) is 11.0. The fraction of sp³-hybridized carbons (Fsp3) is 0.500. The Balaban J connectivity index is 0.00000392. The monoisotopic (exact) mass is 424 g/mol. The molecule has 0 heterocycles. The molecule has 0 aliphatic rings. The second-order valence-corrected chi connectivity index (χ2v) is 7.20. The number of hydrogen-bond donors (Lipinski definition) is 2. The number of aryl methyl sites for hydroxylation is 4. The number of hydrogen-bond acceptors (Lipinski definition) is 2. The summed E-state index contributed by atoms with van der Waals surface area (Å²) in [5.41, 5.74) is 21.0. The molecule has 2 aromatic carbocycles. The molecule has 0 spiro atoms. The summed E-state index contributed by atoms with van der Waals surface area (Å²) in [6.07, 6.45) is 4.00. The molecule has 2 atom stereocenters. The Morgan fingerprint density at radius 1 is 0.643 bits per heavy atom. The molecule has 0 fully saturated rings. The molecule has 28 heavy (non-hydrogen) atoms. The van der Waals surface area contributed by atoms with Gasteiger partial charge in [0.15, 0.2) is 0 Å². The quantitative estimate of drug-likeness (QED) is 0.526. The molecule has 0 aliphatic heterocycles. The van der Waals surface area contributed by atoms with Crippen molar-refractivity contribution >= 4 is 0 Å². The van der Waals surface area contributed by atoms with Crippen molar-refractivity contribution in [3.8, 4) is 0 Å². The third kappa shape index (κ3) is 5.91. The van der Waals surface area contributed by atoms with Crippen molar-refractivity contribution in [2.24, 2.45) is 11.5 Å². The van der Waals surface area contributed by atoms with Crippen LogP contribution < -0.4 is 11.5 Å². The molecule has 0 aromatic heterocycles. The van der Waals surface area contributed by atoms with Crippen molar-refractivity contribution in [1.29, 1.82) is 0 Å². The molecule has 0 radical (unpaired) electrons. The fourth-order valence-corrected chi connectivity index (χ4v) is 4.05. The van der Waals surface area contributed by atoms with E-state index in [4.69, 9.17) is 16.8 Å². The van der Waals surface area contributed by atoms with Gasteiger partial charge in [0.05, 0.1) is 0 Å². The van der Waals surface area contributed by atoms with Crippen molar-refractivity contribution < 1.29 is 16.5 Å². The van der Waals surface area contributed by atoms with Gasteiger partial charge in [-0.1, -0.05) is 64.1 Å². The standard InChI is InChI=1S/C24H36N3.Ni/c1-5-17-11-9-12-18(6-2)23(17)21(25)15-27-16-22(26)24-19(7-3)13-10-14-20(24)8-4;/h9-14,21-22H,5-8,15-16,25-26H2,1-4H3;/q-1;. The van der Waals surface area contributed by atoms with Gasteiger partial charge in [-0.25, -0.2) is 0 Å². The van der Waals surface area contributed by atoms with Crippen LogP contribution in [0.25, 0.3) is 5.32 Å². The third-order valence-electron chi connectivity index (χ3n) is 5.49. The zero-order valence-electron chi connectivity index (χ0n) is 17.8. The van der Waals surface area contributed by atoms with Gasteiger partial charge in [-0.3, -0.25) is 0 Å². The summed E-state index contributed by atoms with van der Waals surface area (Å²) in [5, 5.41) is 4.78. The summed E-state index contributed by atoms with van der Waals surface area (Å²) in [7, 11) is 0. The molecule has 0 saturated heterocycles. The summed E-state index contributed by atoms with van der Waals surface area (Å²) in [6, 6.07) is 12.9. The molecular weight excluding hydrogens is 389 g/mol. The average Bonchev–Trinajstić information content (AvgIpc) is 2.71. The number of nitrogens with zero attached hydrogens (tertiary/aromatic N) is 1. The van der Waals surface area contributed by atoms with Gasteiger partial charge in [-0.2, -0.15) is 0 Å². The van der Waals surface area contributed by atoms with Crippen LogP contribution in [0.5, 0.6) is 0 Å². The van der Waals surface area contributed by atoms with E-state index in [1.54, 1.807) is 0 Å². The summed E-state index contributed by atoms with van der Waals surface area (Å²) >= 11 is 0. The molecule has 0 aliphatic carbocycles. The summed E-state index contributed by atoms with van der Waals surface area (Å²) in [4.78, 5) is 0. The van der Waals surface area contributed by atoms with E-state index in [0.29, 0.717) is 13.1 Å². The van der Waals surface area contributed by atoms with E-state index in [1.165, 1.54) is 33.4 Å². The normalized spacial score (nSPS) is 13.1. The Morgan fingerprint density at radius 3 is 1.18 bits per heavy atom. The van der Waals surface area contributed by atoms with E-state index in [-0.39, 0.29) is 28.6 Å². The van der Waals surface area contributed by atoms with Crippen LogP contribution in [-0.2, 0) is 42.2 Å². The van der Waals surface area contributed by atoms with Gasteiger partial charge in [0, 0.05) is 28.6 Å². The van der Waals surface area contributed by atoms with Crippen LogP contribution >= 0.6 is 0 Å². The molecule has 158 valence electrons. The van der Waals surface area contributed by atoms with Gasteiger partial charge < -0.3 is 16.8 Å². The van der Waals surface area contributed by atoms with Crippen molar-refractivity contribution in [3.63, 3.8) is 0 Å². The van der Waals surface area contributed by atoms with Crippen LogP contribution in [0.15, 0.2) is 36.4 Å². The number of rotatable bonds is 10. The molecule has 0 saturated carbocycles. The van der Waals surface area contributed by atoms with E-state index >= 15 is 0 Å². The molecular formula is C24H36N3Ni-. The van der Waals surface area contributed by atoms with Gasteiger partial charge in [0.2, 0.25) is 0 Å². The van der Waals surface area contributed by atoms with E-state index in [1.807, 2.05) is 0 Å². The second kappa shape index (κ2) is 12.4. The molecule has 2 unspecified atom stereocenters. The minimum atomic E-state index is -0.0598. The van der Waals surface area contributed by atoms with E-state index < -0.39 is 0 Å². The van der Waals surface area contributed by atoms with Gasteiger partial charge in [-0.15, -0.1) is 13.1 Å². The van der Waals surface area contributed by atoms with Gasteiger partial charge in [-0.05, 0) is 59.1 Å². The maximum Gasteiger partial charge on any atom is 0.0110 e. The topological polar surface area (TPSA) is 66.1 Å². The minimum Gasteiger partial charge on any atom is -0.659 e. The second-order valence-electron chi connectivity index (χ2n) is 7.20. The Labute approximate surface area is 181 Å². The van der Waals surface area contributed by atoms with Crippen LogP contribution in [0.3, 0.4) is 0 Å². The first-order valence-electron chi connectivity index (χ1n) is 10.4. The van der Waals surface area contributed by atoms with Crippen molar-refractivity contribution in [3.05, 3.63) is 75.1 Å². The Bertz CT molecular complexity index is 624. The van der Waals surface area contributed by atoms with Crippen LogP contribution in [0, 0.1) is 0 Å². The number of nitrogens with two attached hydrogens (primary N) is 2. The Hall–Kier alpha value is -1.19. The number of benzene rings is 2. The van der Waals surface area contributed by atoms with Gasteiger partial charge in [0.1, 0.15) is 0 Å². The maximum absolute atomic E-state index is 6.55. The smallest absolute Gasteiger partial charge is 0.0110 e. The first-order chi connectivity index (χ1) is 13.1. The van der Waals surface area contributed by atoms with Crippen molar-refractivity contribution in [1.82, 2.24) is 0 Å². The van der Waals surface area contributed by atoms with Crippen LogP contribution in [0.4, 0.5) is 0 Å². The summed E-state index contributed by atoms with van der Waals surface area (Å²) < 4.78 is 0. The van der Waals surface area contributed by atoms with Gasteiger partial charge >= 0.3 is 0 Å². The summed E-state index contributed by atoms with van der Waals surface area (Å²) in [5.74, 6) is 0. The van der Waals surface area contributed by atoms with Gasteiger partial charge in [0.25, 0.3) is 0 Å².